The van der Waals surface area contributed by atoms with Gasteiger partial charge in [-0.25, -0.2) is 9.97 Å². The van der Waals surface area contributed by atoms with E-state index in [9.17, 15) is 9.59 Å². The van der Waals surface area contributed by atoms with Gasteiger partial charge >= 0.3 is 5.97 Å². The lowest BCUT2D eigenvalue weighted by Gasteiger charge is -2.38. The molecule has 9 nitrogen and oxygen atoms in total. The predicted octanol–water partition coefficient (Wildman–Crippen LogP) is 4.42. The van der Waals surface area contributed by atoms with Crippen molar-refractivity contribution in [3.63, 3.8) is 0 Å². The summed E-state index contributed by atoms with van der Waals surface area (Å²) in [5, 5.41) is 15.1. The van der Waals surface area contributed by atoms with E-state index < -0.39 is 11.9 Å². The Balaban J connectivity index is 1.49. The van der Waals surface area contributed by atoms with Crippen LogP contribution >= 0.6 is 45.9 Å². The number of pyridine rings is 1. The minimum absolute atomic E-state index is 0.281. The van der Waals surface area contributed by atoms with Crippen molar-refractivity contribution in [3.8, 4) is 10.6 Å². The number of ether oxygens (including phenoxy) is 1. The van der Waals surface area contributed by atoms with Gasteiger partial charge in [0.25, 0.3) is 5.91 Å². The van der Waals surface area contributed by atoms with Gasteiger partial charge in [-0.1, -0.05) is 34.5 Å². The first-order valence-corrected chi connectivity index (χ1v) is 13.1. The van der Waals surface area contributed by atoms with Gasteiger partial charge in [-0.15, -0.1) is 11.3 Å². The monoisotopic (exact) mass is 555 g/mol. The molecule has 0 bridgehead atoms. The van der Waals surface area contributed by atoms with Crippen LogP contribution in [0, 0.1) is 5.92 Å². The van der Waals surface area contributed by atoms with E-state index in [1.54, 1.807) is 12.0 Å². The van der Waals surface area contributed by atoms with E-state index in [-0.39, 0.29) is 16.5 Å². The van der Waals surface area contributed by atoms with Gasteiger partial charge in [-0.3, -0.25) is 19.8 Å². The van der Waals surface area contributed by atoms with Crippen LogP contribution < -0.4 is 10.2 Å². The highest BCUT2D eigenvalue weighted by Gasteiger charge is 2.34. The molecule has 0 aromatic carbocycles. The van der Waals surface area contributed by atoms with Crippen molar-refractivity contribution in [2.24, 2.45) is 5.92 Å². The molecule has 186 valence electrons. The van der Waals surface area contributed by atoms with E-state index >= 15 is 0 Å². The molecule has 2 N–H and O–H groups in total. The van der Waals surface area contributed by atoms with Gasteiger partial charge in [0.15, 0.2) is 5.13 Å². The van der Waals surface area contributed by atoms with Crippen molar-refractivity contribution in [1.82, 2.24) is 14.9 Å². The lowest BCUT2D eigenvalue weighted by atomic mass is 10.0. The van der Waals surface area contributed by atoms with E-state index in [4.69, 9.17) is 33.0 Å². The van der Waals surface area contributed by atoms with Crippen LogP contribution in [0.15, 0.2) is 23.7 Å². The molecule has 13 heteroatoms. The van der Waals surface area contributed by atoms with Crippen molar-refractivity contribution >= 4 is 68.7 Å². The standard InChI is InChI=1S/C22H23Cl2N5O4S2/c1-28(3-4-33-2)10-17-18(16-6-14(23)11-34-16)26-22(35-17)27-20(30)12-5-15(24)19(25-7-12)29-8-13(9-29)21(31)32/h5-7,11,13H,3-4,8-10H2,1-2H3,(H,31,32)(H,26,27,30). The Bertz CT molecular complexity index is 1230. The number of aliphatic carboxylic acids is 1. The van der Waals surface area contributed by atoms with Crippen LogP contribution in [0.3, 0.4) is 0 Å². The molecule has 4 heterocycles. The molecule has 1 aliphatic rings. The average molecular weight is 556 g/mol. The number of rotatable bonds is 10. The fourth-order valence-corrected chi connectivity index (χ4v) is 5.97. The Morgan fingerprint density at radius 1 is 1.34 bits per heavy atom. The van der Waals surface area contributed by atoms with Gasteiger partial charge in [0.2, 0.25) is 0 Å². The molecule has 1 aliphatic heterocycles. The number of thiazole rings is 1. The first kappa shape index (κ1) is 25.8. The largest absolute Gasteiger partial charge is 0.481 e. The van der Waals surface area contributed by atoms with Crippen molar-refractivity contribution in [2.75, 3.05) is 50.6 Å². The fraction of sp³-hybridized carbons (Fsp3) is 0.364. The van der Waals surface area contributed by atoms with Crippen LogP contribution in [0.5, 0.6) is 0 Å². The summed E-state index contributed by atoms with van der Waals surface area (Å²) in [6, 6.07) is 3.39. The van der Waals surface area contributed by atoms with E-state index in [0.717, 1.165) is 22.0 Å². The second-order valence-electron chi connectivity index (χ2n) is 8.07. The number of nitrogens with one attached hydrogen (secondary N) is 1. The zero-order valence-corrected chi connectivity index (χ0v) is 22.1. The molecule has 1 fully saturated rings. The maximum Gasteiger partial charge on any atom is 0.310 e. The summed E-state index contributed by atoms with van der Waals surface area (Å²) >= 11 is 15.4. The molecular weight excluding hydrogens is 533 g/mol. The first-order valence-electron chi connectivity index (χ1n) is 10.6. The minimum Gasteiger partial charge on any atom is -0.481 e. The van der Waals surface area contributed by atoms with Crippen molar-refractivity contribution in [2.45, 2.75) is 6.54 Å². The van der Waals surface area contributed by atoms with Crippen LogP contribution in [-0.2, 0) is 16.1 Å². The number of likely N-dealkylation sites (N-methyl/N-ethyl adjacent to an activating group) is 1. The summed E-state index contributed by atoms with van der Waals surface area (Å²) in [5.74, 6) is -1.20. The van der Waals surface area contributed by atoms with E-state index in [0.29, 0.717) is 42.2 Å². The molecule has 0 saturated carbocycles. The number of aromatic nitrogens is 2. The van der Waals surface area contributed by atoms with E-state index in [2.05, 4.69) is 20.2 Å². The summed E-state index contributed by atoms with van der Waals surface area (Å²) in [7, 11) is 3.66. The summed E-state index contributed by atoms with van der Waals surface area (Å²) in [6.45, 7) is 2.67. The molecule has 3 aromatic rings. The number of methoxy groups -OCH3 is 1. The summed E-state index contributed by atoms with van der Waals surface area (Å²) in [5.41, 5.74) is 1.06. The van der Waals surface area contributed by atoms with Crippen LogP contribution in [0.25, 0.3) is 10.6 Å². The molecule has 1 saturated heterocycles. The number of carboxylic acids is 1. The molecule has 0 unspecified atom stereocenters. The number of nitrogens with zero attached hydrogens (tertiary/aromatic N) is 4. The first-order chi connectivity index (χ1) is 16.7. The maximum atomic E-state index is 12.9. The van der Waals surface area contributed by atoms with Crippen LogP contribution in [0.1, 0.15) is 15.2 Å². The van der Waals surface area contributed by atoms with E-state index in [1.807, 2.05) is 18.5 Å². The van der Waals surface area contributed by atoms with Gasteiger partial charge in [-0.2, -0.15) is 0 Å². The number of halogens is 2. The Morgan fingerprint density at radius 3 is 2.74 bits per heavy atom. The quantitative estimate of drug-likeness (QED) is 0.378. The van der Waals surface area contributed by atoms with Gasteiger partial charge < -0.3 is 14.7 Å². The number of amides is 1. The Morgan fingerprint density at radius 2 is 2.11 bits per heavy atom. The number of carboxylic acid groups (broad SMARTS) is 1. The van der Waals surface area contributed by atoms with Crippen molar-refractivity contribution in [3.05, 3.63) is 44.2 Å². The topological polar surface area (TPSA) is 108 Å². The number of carbonyl (C=O) groups excluding carboxylic acids is 1. The molecule has 0 spiro atoms. The molecule has 0 aliphatic carbocycles. The van der Waals surface area contributed by atoms with Gasteiger partial charge in [0, 0.05) is 49.7 Å². The fourth-order valence-electron chi connectivity index (χ4n) is 3.48. The highest BCUT2D eigenvalue weighted by atomic mass is 35.5. The second-order valence-corrected chi connectivity index (χ2v) is 10.9. The second kappa shape index (κ2) is 11.2. The molecule has 3 aromatic heterocycles. The van der Waals surface area contributed by atoms with Crippen LogP contribution in [-0.4, -0.2) is 72.2 Å². The summed E-state index contributed by atoms with van der Waals surface area (Å²) < 4.78 is 5.16. The van der Waals surface area contributed by atoms with Crippen molar-refractivity contribution in [1.29, 1.82) is 0 Å². The zero-order valence-electron chi connectivity index (χ0n) is 19.0. The molecule has 0 radical (unpaired) electrons. The number of hydrogen-bond donors (Lipinski definition) is 2. The lowest BCUT2D eigenvalue weighted by Crippen LogP contribution is -2.50. The third-order valence-electron chi connectivity index (χ3n) is 5.42. The molecule has 35 heavy (non-hydrogen) atoms. The molecular formula is C22H23Cl2N5O4S2. The van der Waals surface area contributed by atoms with E-state index in [1.165, 1.54) is 34.9 Å². The average Bonchev–Trinajstić information content (AvgIpc) is 3.37. The van der Waals surface area contributed by atoms with Crippen LogP contribution in [0.4, 0.5) is 10.9 Å². The van der Waals surface area contributed by atoms with Gasteiger partial charge in [0.05, 0.1) is 38.7 Å². The third kappa shape index (κ3) is 6.11. The molecule has 0 atom stereocenters. The lowest BCUT2D eigenvalue weighted by molar-refractivity contribution is -0.142. The smallest absolute Gasteiger partial charge is 0.310 e. The summed E-state index contributed by atoms with van der Waals surface area (Å²) in [6.07, 6.45) is 1.43. The third-order valence-corrected chi connectivity index (χ3v) is 7.94. The van der Waals surface area contributed by atoms with Crippen LogP contribution in [0.2, 0.25) is 10.0 Å². The van der Waals surface area contributed by atoms with Gasteiger partial charge in [-0.05, 0) is 19.2 Å². The molecule has 4 rings (SSSR count). The predicted molar refractivity (Wildman–Crippen MR) is 139 cm³/mol. The Labute approximate surface area is 220 Å². The minimum atomic E-state index is -0.842. The number of thiophene rings is 1. The van der Waals surface area contributed by atoms with Gasteiger partial charge in [0.1, 0.15) is 5.82 Å². The number of anilines is 2. The number of carbonyl (C=O) groups is 2. The Kier molecular flexibility index (Phi) is 8.25. The molecule has 1 amide bonds. The van der Waals surface area contributed by atoms with Crippen molar-refractivity contribution < 1.29 is 19.4 Å². The summed E-state index contributed by atoms with van der Waals surface area (Å²) in [4.78, 5) is 38.7. The SMILES string of the molecule is COCCN(C)Cc1sc(NC(=O)c2cnc(N3CC(C(=O)O)C3)c(Cl)c2)nc1-c1cc(Cl)cs1. The normalized spacial score (nSPS) is 13.8. The highest BCUT2D eigenvalue weighted by molar-refractivity contribution is 7.17. The maximum absolute atomic E-state index is 12.9. The number of hydrogen-bond acceptors (Lipinski definition) is 9. The highest BCUT2D eigenvalue weighted by Crippen LogP contribution is 2.37. The Hall–Kier alpha value is -2.28. The zero-order chi connectivity index (χ0) is 25.1.